The molecule has 2 aliphatic heterocycles. The lowest BCUT2D eigenvalue weighted by Gasteiger charge is -2.41. The number of piperidine rings is 2. The fourth-order valence-corrected chi connectivity index (χ4v) is 5.03. The molecule has 3 N–H and O–H groups in total. The second kappa shape index (κ2) is 10.1. The molecule has 0 aromatic carbocycles. The summed E-state index contributed by atoms with van der Waals surface area (Å²) < 4.78 is 5.84. The van der Waals surface area contributed by atoms with Crippen LogP contribution in [-0.2, 0) is 4.74 Å². The Morgan fingerprint density at radius 2 is 1.83 bits per heavy atom. The Labute approximate surface area is 148 Å². The van der Waals surface area contributed by atoms with Crippen molar-refractivity contribution in [1.82, 2.24) is 10.2 Å². The highest BCUT2D eigenvalue weighted by Crippen LogP contribution is 2.35. The summed E-state index contributed by atoms with van der Waals surface area (Å²) in [5.41, 5.74) is 6.13. The number of unbranched alkanes of at least 4 members (excludes halogenated alkanes) is 1. The van der Waals surface area contributed by atoms with Gasteiger partial charge in [-0.1, -0.05) is 25.7 Å². The predicted octanol–water partition coefficient (Wildman–Crippen LogP) is 3.11. The Morgan fingerprint density at radius 1 is 1.00 bits per heavy atom. The van der Waals surface area contributed by atoms with E-state index in [1.807, 2.05) is 0 Å². The lowest BCUT2D eigenvalue weighted by molar-refractivity contribution is 0.0367. The molecule has 3 aliphatic rings. The second-order valence-corrected chi connectivity index (χ2v) is 8.39. The molecule has 4 atom stereocenters. The van der Waals surface area contributed by atoms with Crippen molar-refractivity contribution < 1.29 is 4.74 Å². The molecule has 140 valence electrons. The molecule has 0 amide bonds. The van der Waals surface area contributed by atoms with Gasteiger partial charge in [0.2, 0.25) is 0 Å². The number of ether oxygens (including phenoxy) is 1. The van der Waals surface area contributed by atoms with Crippen LogP contribution >= 0.6 is 0 Å². The molecular weight excluding hydrogens is 298 g/mol. The Bertz CT molecular complexity index is 346. The van der Waals surface area contributed by atoms with Gasteiger partial charge >= 0.3 is 0 Å². The molecule has 24 heavy (non-hydrogen) atoms. The number of likely N-dealkylation sites (tertiary alicyclic amines) is 1. The van der Waals surface area contributed by atoms with Gasteiger partial charge < -0.3 is 20.7 Å². The molecule has 3 fully saturated rings. The van der Waals surface area contributed by atoms with E-state index in [2.05, 4.69) is 10.2 Å². The van der Waals surface area contributed by atoms with Crippen LogP contribution in [0, 0.1) is 11.8 Å². The quantitative estimate of drug-likeness (QED) is 0.528. The van der Waals surface area contributed by atoms with Crippen LogP contribution in [0.25, 0.3) is 0 Å². The lowest BCUT2D eigenvalue weighted by atomic mass is 9.75. The van der Waals surface area contributed by atoms with Crippen LogP contribution in [0.1, 0.15) is 70.6 Å². The monoisotopic (exact) mass is 337 g/mol. The van der Waals surface area contributed by atoms with Crippen molar-refractivity contribution in [1.29, 1.82) is 0 Å². The van der Waals surface area contributed by atoms with Crippen molar-refractivity contribution in [2.24, 2.45) is 17.6 Å². The molecule has 4 nitrogen and oxygen atoms in total. The summed E-state index contributed by atoms with van der Waals surface area (Å²) in [5, 5.41) is 3.55. The van der Waals surface area contributed by atoms with Gasteiger partial charge in [0.05, 0.1) is 0 Å². The Hall–Kier alpha value is -0.160. The maximum absolute atomic E-state index is 6.13. The van der Waals surface area contributed by atoms with E-state index < -0.39 is 0 Å². The first-order chi connectivity index (χ1) is 11.8. The van der Waals surface area contributed by atoms with Gasteiger partial charge in [0, 0.05) is 25.6 Å². The van der Waals surface area contributed by atoms with Crippen LogP contribution < -0.4 is 11.1 Å². The summed E-state index contributed by atoms with van der Waals surface area (Å²) in [6.07, 6.45) is 14.6. The highest BCUT2D eigenvalue weighted by Gasteiger charge is 2.30. The summed E-state index contributed by atoms with van der Waals surface area (Å²) in [4.78, 5) is 2.71. The maximum Gasteiger partial charge on any atom is 0.107 e. The average molecular weight is 338 g/mol. The van der Waals surface area contributed by atoms with Gasteiger partial charge in [-0.25, -0.2) is 0 Å². The number of fused-ring (bicyclic) bond motifs is 1. The van der Waals surface area contributed by atoms with Crippen molar-refractivity contribution >= 4 is 0 Å². The largest absolute Gasteiger partial charge is 0.364 e. The normalized spacial score (nSPS) is 33.1. The van der Waals surface area contributed by atoms with E-state index in [9.17, 15) is 0 Å². The third-order valence-corrected chi connectivity index (χ3v) is 6.51. The van der Waals surface area contributed by atoms with E-state index >= 15 is 0 Å². The van der Waals surface area contributed by atoms with E-state index in [4.69, 9.17) is 10.5 Å². The van der Waals surface area contributed by atoms with Crippen LogP contribution in [0.2, 0.25) is 0 Å². The van der Waals surface area contributed by atoms with Crippen molar-refractivity contribution in [2.45, 2.75) is 82.9 Å². The first-order valence-corrected chi connectivity index (χ1v) is 10.6. The number of nitrogens with one attached hydrogen (secondary N) is 1. The maximum atomic E-state index is 6.13. The highest BCUT2D eigenvalue weighted by molar-refractivity contribution is 4.83. The van der Waals surface area contributed by atoms with E-state index in [1.165, 1.54) is 77.4 Å². The smallest absolute Gasteiger partial charge is 0.107 e. The van der Waals surface area contributed by atoms with Gasteiger partial charge in [0.1, 0.15) is 6.23 Å². The number of hydrogen-bond donors (Lipinski definition) is 2. The number of nitrogens with two attached hydrogens (primary N) is 1. The summed E-state index contributed by atoms with van der Waals surface area (Å²) >= 11 is 0. The number of rotatable bonds is 8. The molecule has 0 aromatic heterocycles. The van der Waals surface area contributed by atoms with Crippen LogP contribution in [0.4, 0.5) is 0 Å². The molecule has 3 rings (SSSR count). The van der Waals surface area contributed by atoms with Crippen molar-refractivity contribution in [3.05, 3.63) is 0 Å². The van der Waals surface area contributed by atoms with Gasteiger partial charge in [-0.05, 0) is 70.0 Å². The number of hydrogen-bond acceptors (Lipinski definition) is 4. The average Bonchev–Trinajstić information content (AvgIpc) is 2.62. The first-order valence-electron chi connectivity index (χ1n) is 10.6. The standard InChI is InChI=1S/C20H39N3O/c21-20(15-19-9-3-4-11-22-19)24-14-6-5-12-23-13-10-17-7-1-2-8-18(17)16-23/h17-20,22H,1-16,21H2/t17-,18-,19?,20?/m1/s1. The molecule has 1 aliphatic carbocycles. The molecule has 1 saturated carbocycles. The van der Waals surface area contributed by atoms with Crippen LogP contribution in [0.15, 0.2) is 0 Å². The summed E-state index contributed by atoms with van der Waals surface area (Å²) in [6.45, 7) is 5.92. The third-order valence-electron chi connectivity index (χ3n) is 6.51. The molecule has 0 bridgehead atoms. The van der Waals surface area contributed by atoms with Crippen LogP contribution in [0.3, 0.4) is 0 Å². The molecule has 4 heteroatoms. The fraction of sp³-hybridized carbons (Fsp3) is 1.00. The molecule has 0 aromatic rings. The molecule has 2 saturated heterocycles. The van der Waals surface area contributed by atoms with Crippen molar-refractivity contribution in [3.63, 3.8) is 0 Å². The minimum absolute atomic E-state index is 0.0846. The molecular formula is C20H39N3O. The van der Waals surface area contributed by atoms with Crippen molar-refractivity contribution in [3.8, 4) is 0 Å². The summed E-state index contributed by atoms with van der Waals surface area (Å²) in [5.74, 6) is 2.05. The van der Waals surface area contributed by atoms with E-state index in [-0.39, 0.29) is 6.23 Å². The third kappa shape index (κ3) is 5.98. The van der Waals surface area contributed by atoms with Gasteiger partial charge in [0.15, 0.2) is 0 Å². The van der Waals surface area contributed by atoms with Gasteiger partial charge in [0.25, 0.3) is 0 Å². The Balaban J connectivity index is 1.21. The zero-order valence-electron chi connectivity index (χ0n) is 15.6. The molecule has 0 radical (unpaired) electrons. The summed E-state index contributed by atoms with van der Waals surface area (Å²) in [7, 11) is 0. The minimum Gasteiger partial charge on any atom is -0.364 e. The van der Waals surface area contributed by atoms with Crippen LogP contribution in [-0.4, -0.2) is 50.0 Å². The minimum atomic E-state index is -0.0846. The molecule has 2 unspecified atom stereocenters. The highest BCUT2D eigenvalue weighted by atomic mass is 16.5. The topological polar surface area (TPSA) is 50.5 Å². The van der Waals surface area contributed by atoms with Gasteiger partial charge in [-0.2, -0.15) is 0 Å². The second-order valence-electron chi connectivity index (χ2n) is 8.39. The zero-order chi connectivity index (χ0) is 16.6. The van der Waals surface area contributed by atoms with Crippen LogP contribution in [0.5, 0.6) is 0 Å². The first kappa shape index (κ1) is 18.6. The number of nitrogens with zero attached hydrogens (tertiary/aromatic N) is 1. The van der Waals surface area contributed by atoms with Gasteiger partial charge in [-0.15, -0.1) is 0 Å². The predicted molar refractivity (Wildman–Crippen MR) is 99.9 cm³/mol. The van der Waals surface area contributed by atoms with Crippen molar-refractivity contribution in [2.75, 3.05) is 32.8 Å². The summed E-state index contributed by atoms with van der Waals surface area (Å²) in [6, 6.07) is 0.575. The Morgan fingerprint density at radius 3 is 2.67 bits per heavy atom. The SMILES string of the molecule is NC(CC1CCCCN1)OCCCCN1CC[C@H]2CCCC[C@@H]2C1. The molecule has 2 heterocycles. The lowest BCUT2D eigenvalue weighted by Crippen LogP contribution is -2.42. The Kier molecular flexibility index (Phi) is 7.84. The fourth-order valence-electron chi connectivity index (χ4n) is 5.03. The van der Waals surface area contributed by atoms with Gasteiger partial charge in [-0.3, -0.25) is 0 Å². The van der Waals surface area contributed by atoms with E-state index in [0.717, 1.165) is 37.8 Å². The van der Waals surface area contributed by atoms with E-state index in [1.54, 1.807) is 0 Å². The van der Waals surface area contributed by atoms with E-state index in [0.29, 0.717) is 6.04 Å². The zero-order valence-corrected chi connectivity index (χ0v) is 15.6. The molecule has 0 spiro atoms.